The number of ether oxygens (including phenoxy) is 1. The first-order valence-corrected chi connectivity index (χ1v) is 10.5. The lowest BCUT2D eigenvalue weighted by Gasteiger charge is -2.26. The van der Waals surface area contributed by atoms with Gasteiger partial charge in [-0.15, -0.1) is 0 Å². The van der Waals surface area contributed by atoms with Crippen molar-refractivity contribution in [2.75, 3.05) is 33.4 Å². The van der Waals surface area contributed by atoms with Crippen molar-refractivity contribution in [3.8, 4) is 0 Å². The second-order valence-corrected chi connectivity index (χ2v) is 8.71. The number of aryl methyl sites for hydroxylation is 1. The van der Waals surface area contributed by atoms with Crippen molar-refractivity contribution < 1.29 is 14.3 Å². The maximum absolute atomic E-state index is 12.7. The van der Waals surface area contributed by atoms with Crippen LogP contribution in [0.4, 0.5) is 4.79 Å². The zero-order valence-electron chi connectivity index (χ0n) is 16.5. The molecule has 0 spiro atoms. The minimum atomic E-state index is -0.0540. The third-order valence-corrected chi connectivity index (χ3v) is 6.76. The summed E-state index contributed by atoms with van der Waals surface area (Å²) in [5, 5.41) is 3.92. The fourth-order valence-electron chi connectivity index (χ4n) is 4.29. The van der Waals surface area contributed by atoms with Gasteiger partial charge in [-0.1, -0.05) is 23.7 Å². The number of likely N-dealkylation sites (tertiary alicyclic amines) is 1. The van der Waals surface area contributed by atoms with Gasteiger partial charge in [0.25, 0.3) is 0 Å². The number of hydrogen-bond acceptors (Lipinski definition) is 3. The van der Waals surface area contributed by atoms with Crippen LogP contribution in [0.15, 0.2) is 18.2 Å². The number of urea groups is 1. The topological polar surface area (TPSA) is 61.9 Å². The normalized spacial score (nSPS) is 29.0. The highest BCUT2D eigenvalue weighted by atomic mass is 35.5. The average molecular weight is 406 g/mol. The van der Waals surface area contributed by atoms with E-state index in [2.05, 4.69) is 11.4 Å². The van der Waals surface area contributed by atoms with E-state index in [1.165, 1.54) is 5.56 Å². The molecule has 2 heterocycles. The maximum Gasteiger partial charge on any atom is 0.317 e. The second-order valence-electron chi connectivity index (χ2n) is 8.30. The van der Waals surface area contributed by atoms with Crippen LogP contribution in [0.25, 0.3) is 0 Å². The minimum absolute atomic E-state index is 0.00654. The Bertz CT molecular complexity index is 765. The largest absolute Gasteiger partial charge is 0.381 e. The SMILES string of the molecule is Cc1cc([C@@H]2C[C@H]2NC(=O)N(C)[C@H]2CCN(C(=O)[C@H]3CCOC3)C2)ccc1Cl. The van der Waals surface area contributed by atoms with Crippen molar-refractivity contribution in [1.29, 1.82) is 0 Å². The number of rotatable bonds is 4. The van der Waals surface area contributed by atoms with Gasteiger partial charge >= 0.3 is 6.03 Å². The van der Waals surface area contributed by atoms with Gasteiger partial charge in [-0.05, 0) is 43.4 Å². The molecule has 4 rings (SSSR count). The highest BCUT2D eigenvalue weighted by molar-refractivity contribution is 6.31. The number of benzene rings is 1. The molecule has 1 N–H and O–H groups in total. The molecule has 6 nitrogen and oxygen atoms in total. The number of carbonyl (C=O) groups excluding carboxylic acids is 2. The van der Waals surface area contributed by atoms with Crippen LogP contribution < -0.4 is 5.32 Å². The zero-order chi connectivity index (χ0) is 19.8. The van der Waals surface area contributed by atoms with E-state index in [9.17, 15) is 9.59 Å². The smallest absolute Gasteiger partial charge is 0.317 e. The molecule has 3 amide bonds. The molecule has 2 aliphatic heterocycles. The van der Waals surface area contributed by atoms with Crippen LogP contribution in [-0.4, -0.2) is 67.2 Å². The Labute approximate surface area is 171 Å². The fourth-order valence-corrected chi connectivity index (χ4v) is 4.41. The van der Waals surface area contributed by atoms with E-state index in [1.807, 2.05) is 31.0 Å². The summed E-state index contributed by atoms with van der Waals surface area (Å²) in [6.07, 6.45) is 2.59. The zero-order valence-corrected chi connectivity index (χ0v) is 17.2. The monoisotopic (exact) mass is 405 g/mol. The van der Waals surface area contributed by atoms with Crippen LogP contribution >= 0.6 is 11.6 Å². The summed E-state index contributed by atoms with van der Waals surface area (Å²) in [6.45, 7) is 4.53. The summed E-state index contributed by atoms with van der Waals surface area (Å²) in [6, 6.07) is 6.27. The highest BCUT2D eigenvalue weighted by Gasteiger charge is 2.41. The van der Waals surface area contributed by atoms with E-state index >= 15 is 0 Å². The summed E-state index contributed by atoms with van der Waals surface area (Å²) < 4.78 is 5.33. The molecule has 3 aliphatic rings. The van der Waals surface area contributed by atoms with Crippen LogP contribution in [0.1, 0.15) is 36.3 Å². The van der Waals surface area contributed by atoms with Crippen molar-refractivity contribution in [3.05, 3.63) is 34.3 Å². The molecular weight excluding hydrogens is 378 g/mol. The molecule has 28 heavy (non-hydrogen) atoms. The predicted octanol–water partition coefficient (Wildman–Crippen LogP) is 2.78. The third kappa shape index (κ3) is 3.98. The summed E-state index contributed by atoms with van der Waals surface area (Å²) >= 11 is 6.10. The molecule has 1 aromatic carbocycles. The van der Waals surface area contributed by atoms with Crippen molar-refractivity contribution >= 4 is 23.5 Å². The maximum atomic E-state index is 12.7. The molecule has 2 saturated heterocycles. The van der Waals surface area contributed by atoms with Crippen LogP contribution in [-0.2, 0) is 9.53 Å². The molecule has 1 aromatic rings. The molecule has 0 aromatic heterocycles. The lowest BCUT2D eigenvalue weighted by molar-refractivity contribution is -0.134. The van der Waals surface area contributed by atoms with Gasteiger partial charge in [0.15, 0.2) is 0 Å². The Morgan fingerprint density at radius 3 is 2.86 bits per heavy atom. The number of hydrogen-bond donors (Lipinski definition) is 1. The van der Waals surface area contributed by atoms with E-state index in [-0.39, 0.29) is 29.9 Å². The second kappa shape index (κ2) is 7.91. The van der Waals surface area contributed by atoms with Gasteiger partial charge in [0.1, 0.15) is 0 Å². The van der Waals surface area contributed by atoms with Gasteiger partial charge in [-0.2, -0.15) is 0 Å². The Hall–Kier alpha value is -1.79. The Morgan fingerprint density at radius 2 is 2.14 bits per heavy atom. The molecule has 0 bridgehead atoms. The number of amides is 3. The number of nitrogens with zero attached hydrogens (tertiary/aromatic N) is 2. The molecule has 4 atom stereocenters. The van der Waals surface area contributed by atoms with Gasteiger partial charge in [0.05, 0.1) is 18.6 Å². The van der Waals surface area contributed by atoms with Gasteiger partial charge in [-0.3, -0.25) is 4.79 Å². The highest BCUT2D eigenvalue weighted by Crippen LogP contribution is 2.41. The Balaban J connectivity index is 1.27. The fraction of sp³-hybridized carbons (Fsp3) is 0.619. The van der Waals surface area contributed by atoms with Crippen LogP contribution in [0.3, 0.4) is 0 Å². The minimum Gasteiger partial charge on any atom is -0.381 e. The first-order valence-electron chi connectivity index (χ1n) is 10.1. The van der Waals surface area contributed by atoms with Crippen LogP contribution in [0.5, 0.6) is 0 Å². The Morgan fingerprint density at radius 1 is 1.32 bits per heavy atom. The van der Waals surface area contributed by atoms with E-state index in [0.717, 1.165) is 29.8 Å². The average Bonchev–Trinajstić information content (AvgIpc) is 3.09. The van der Waals surface area contributed by atoms with Gasteiger partial charge in [0.2, 0.25) is 5.91 Å². The van der Waals surface area contributed by atoms with Gasteiger partial charge < -0.3 is 19.9 Å². The number of likely N-dealkylation sites (N-methyl/N-ethyl adjacent to an activating group) is 1. The number of nitrogens with one attached hydrogen (secondary N) is 1. The quantitative estimate of drug-likeness (QED) is 0.837. The summed E-state index contributed by atoms with van der Waals surface area (Å²) in [7, 11) is 1.83. The number of halogens is 1. The standard InChI is InChI=1S/C21H28ClN3O3/c1-13-9-14(3-4-18(13)22)17-10-19(17)23-21(27)24(2)16-5-7-25(11-16)20(26)15-6-8-28-12-15/h3-4,9,15-17,19H,5-8,10-12H2,1-2H3,(H,23,27)/t15-,16-,17-,19+/m0/s1. The first kappa shape index (κ1) is 19.5. The van der Waals surface area contributed by atoms with Crippen LogP contribution in [0.2, 0.25) is 5.02 Å². The van der Waals surface area contributed by atoms with E-state index in [0.29, 0.717) is 32.2 Å². The van der Waals surface area contributed by atoms with Crippen LogP contribution in [0, 0.1) is 12.8 Å². The Kier molecular flexibility index (Phi) is 5.52. The van der Waals surface area contributed by atoms with Crippen molar-refractivity contribution in [1.82, 2.24) is 15.1 Å². The molecule has 7 heteroatoms. The molecular formula is C21H28ClN3O3. The number of carbonyl (C=O) groups is 2. The lowest BCUT2D eigenvalue weighted by atomic mass is 10.1. The van der Waals surface area contributed by atoms with Crippen molar-refractivity contribution in [3.63, 3.8) is 0 Å². The first-order chi connectivity index (χ1) is 13.4. The summed E-state index contributed by atoms with van der Waals surface area (Å²) in [4.78, 5) is 28.9. The molecule has 0 radical (unpaired) electrons. The molecule has 1 aliphatic carbocycles. The predicted molar refractivity (Wildman–Crippen MR) is 108 cm³/mol. The molecule has 0 unspecified atom stereocenters. The molecule has 152 valence electrons. The third-order valence-electron chi connectivity index (χ3n) is 6.33. The molecule has 1 saturated carbocycles. The summed E-state index contributed by atoms with van der Waals surface area (Å²) in [5.74, 6) is 0.527. The lowest BCUT2D eigenvalue weighted by Crippen LogP contribution is -2.46. The van der Waals surface area contributed by atoms with Gasteiger partial charge in [-0.25, -0.2) is 4.79 Å². The van der Waals surface area contributed by atoms with E-state index in [1.54, 1.807) is 4.90 Å². The van der Waals surface area contributed by atoms with E-state index in [4.69, 9.17) is 16.3 Å². The van der Waals surface area contributed by atoms with Crippen molar-refractivity contribution in [2.45, 2.75) is 44.2 Å². The van der Waals surface area contributed by atoms with E-state index < -0.39 is 0 Å². The van der Waals surface area contributed by atoms with Crippen molar-refractivity contribution in [2.24, 2.45) is 5.92 Å². The van der Waals surface area contributed by atoms with Gasteiger partial charge in [0, 0.05) is 43.7 Å². The summed E-state index contributed by atoms with van der Waals surface area (Å²) in [5.41, 5.74) is 2.29. The molecule has 3 fully saturated rings.